The molecule has 2 aliphatic heterocycles. The van der Waals surface area contributed by atoms with Crippen molar-refractivity contribution in [1.29, 1.82) is 0 Å². The first-order chi connectivity index (χ1) is 12.7. The first-order valence-electron chi connectivity index (χ1n) is 9.19. The Bertz CT molecular complexity index is 666. The van der Waals surface area contributed by atoms with Crippen LogP contribution in [0, 0.1) is 0 Å². The molecule has 1 aromatic carbocycles. The second-order valence-electron chi connectivity index (χ2n) is 6.69. The number of rotatable bonds is 6. The van der Waals surface area contributed by atoms with Crippen LogP contribution in [-0.4, -0.2) is 49.2 Å². The smallest absolute Gasteiger partial charge is 0.267 e. The first kappa shape index (κ1) is 18.4. The van der Waals surface area contributed by atoms with Gasteiger partial charge in [-0.3, -0.25) is 14.5 Å². The van der Waals surface area contributed by atoms with E-state index >= 15 is 0 Å². The molecular formula is C19H26N4O3. The number of likely N-dealkylation sites (tertiary alicyclic amines) is 1. The number of nitrogens with one attached hydrogen (secondary N) is 2. The minimum absolute atomic E-state index is 0.115. The molecule has 0 radical (unpaired) electrons. The van der Waals surface area contributed by atoms with Gasteiger partial charge in [-0.05, 0) is 43.6 Å². The number of carbonyl (C=O) groups is 2. The highest BCUT2D eigenvalue weighted by atomic mass is 16.5. The number of hydrogen-bond acceptors (Lipinski definition) is 5. The van der Waals surface area contributed by atoms with E-state index < -0.39 is 0 Å². The van der Waals surface area contributed by atoms with Gasteiger partial charge in [0.25, 0.3) is 5.91 Å². The number of hydrazone groups is 1. The molecule has 2 aliphatic rings. The van der Waals surface area contributed by atoms with E-state index in [9.17, 15) is 9.59 Å². The fourth-order valence-electron chi connectivity index (χ4n) is 3.44. The summed E-state index contributed by atoms with van der Waals surface area (Å²) < 4.78 is 5.25. The highest BCUT2D eigenvalue weighted by Crippen LogP contribution is 2.25. The number of carbonyl (C=O) groups excluding carboxylic acids is 2. The van der Waals surface area contributed by atoms with E-state index in [1.807, 2.05) is 12.1 Å². The Kier molecular flexibility index (Phi) is 6.22. The molecule has 2 amide bonds. The Balaban J connectivity index is 1.68. The van der Waals surface area contributed by atoms with E-state index in [2.05, 4.69) is 32.9 Å². The minimum atomic E-state index is -0.208. The van der Waals surface area contributed by atoms with Gasteiger partial charge in [0.05, 0.1) is 13.2 Å². The zero-order valence-corrected chi connectivity index (χ0v) is 15.2. The number of amides is 2. The molecule has 1 atom stereocenters. The van der Waals surface area contributed by atoms with Crippen molar-refractivity contribution >= 4 is 17.5 Å². The highest BCUT2D eigenvalue weighted by molar-refractivity contribution is 6.39. The number of benzene rings is 1. The number of ether oxygens (including phenoxy) is 1. The van der Waals surface area contributed by atoms with Gasteiger partial charge < -0.3 is 10.1 Å². The van der Waals surface area contributed by atoms with Gasteiger partial charge >= 0.3 is 0 Å². The van der Waals surface area contributed by atoms with E-state index in [1.165, 1.54) is 19.3 Å². The lowest BCUT2D eigenvalue weighted by Gasteiger charge is -2.35. The fraction of sp³-hybridized carbons (Fsp3) is 0.526. The SMILES string of the molecule is COc1ccc(C(CNC(=O)C2=NNC(=O)CC2)N2CCCCC2)cc1. The van der Waals surface area contributed by atoms with Crippen LogP contribution in [0.1, 0.15) is 43.7 Å². The predicted molar refractivity (Wildman–Crippen MR) is 99.0 cm³/mol. The summed E-state index contributed by atoms with van der Waals surface area (Å²) >= 11 is 0. The van der Waals surface area contributed by atoms with Crippen molar-refractivity contribution in [3.8, 4) is 5.75 Å². The number of methoxy groups -OCH3 is 1. The lowest BCUT2D eigenvalue weighted by molar-refractivity contribution is -0.121. The summed E-state index contributed by atoms with van der Waals surface area (Å²) in [6.07, 6.45) is 4.31. The van der Waals surface area contributed by atoms with Crippen LogP contribution >= 0.6 is 0 Å². The molecular weight excluding hydrogens is 332 g/mol. The zero-order valence-electron chi connectivity index (χ0n) is 15.2. The van der Waals surface area contributed by atoms with Gasteiger partial charge in [-0.2, -0.15) is 5.10 Å². The second-order valence-corrected chi connectivity index (χ2v) is 6.69. The molecule has 1 aromatic rings. The van der Waals surface area contributed by atoms with Crippen LogP contribution in [0.5, 0.6) is 5.75 Å². The second kappa shape index (κ2) is 8.80. The predicted octanol–water partition coefficient (Wildman–Crippen LogP) is 1.60. The van der Waals surface area contributed by atoms with Crippen molar-refractivity contribution in [3.05, 3.63) is 29.8 Å². The Hall–Kier alpha value is -2.41. The zero-order chi connectivity index (χ0) is 18.4. The van der Waals surface area contributed by atoms with Gasteiger partial charge in [0, 0.05) is 19.4 Å². The third-order valence-corrected chi connectivity index (χ3v) is 4.95. The van der Waals surface area contributed by atoms with Gasteiger partial charge in [-0.25, -0.2) is 5.43 Å². The minimum Gasteiger partial charge on any atom is -0.497 e. The van der Waals surface area contributed by atoms with Crippen molar-refractivity contribution in [1.82, 2.24) is 15.6 Å². The van der Waals surface area contributed by atoms with Crippen LogP contribution in [0.15, 0.2) is 29.4 Å². The van der Waals surface area contributed by atoms with Crippen molar-refractivity contribution in [2.75, 3.05) is 26.7 Å². The summed E-state index contributed by atoms with van der Waals surface area (Å²) in [5.41, 5.74) is 3.92. The van der Waals surface area contributed by atoms with E-state index in [0.29, 0.717) is 25.1 Å². The van der Waals surface area contributed by atoms with Crippen LogP contribution in [-0.2, 0) is 9.59 Å². The molecule has 2 heterocycles. The lowest BCUT2D eigenvalue weighted by atomic mass is 10.0. The van der Waals surface area contributed by atoms with Crippen LogP contribution in [0.4, 0.5) is 0 Å². The van der Waals surface area contributed by atoms with Crippen LogP contribution < -0.4 is 15.5 Å². The Labute approximate surface area is 153 Å². The monoisotopic (exact) mass is 358 g/mol. The summed E-state index contributed by atoms with van der Waals surface area (Å²) in [5, 5.41) is 6.87. The maximum absolute atomic E-state index is 12.4. The first-order valence-corrected chi connectivity index (χ1v) is 9.19. The molecule has 7 nitrogen and oxygen atoms in total. The van der Waals surface area contributed by atoms with E-state index in [4.69, 9.17) is 4.74 Å². The molecule has 1 fully saturated rings. The Morgan fingerprint density at radius 3 is 2.58 bits per heavy atom. The quantitative estimate of drug-likeness (QED) is 0.809. The fourth-order valence-corrected chi connectivity index (χ4v) is 3.44. The molecule has 26 heavy (non-hydrogen) atoms. The Morgan fingerprint density at radius 2 is 1.96 bits per heavy atom. The molecule has 1 saturated heterocycles. The average Bonchev–Trinajstić information content (AvgIpc) is 2.70. The molecule has 0 aliphatic carbocycles. The van der Waals surface area contributed by atoms with Gasteiger partial charge in [-0.15, -0.1) is 0 Å². The van der Waals surface area contributed by atoms with Gasteiger partial charge in [0.15, 0.2) is 0 Å². The van der Waals surface area contributed by atoms with Crippen molar-refractivity contribution in [2.45, 2.75) is 38.1 Å². The molecule has 7 heteroatoms. The Morgan fingerprint density at radius 1 is 1.23 bits per heavy atom. The molecule has 0 saturated carbocycles. The van der Waals surface area contributed by atoms with Crippen LogP contribution in [0.25, 0.3) is 0 Å². The summed E-state index contributed by atoms with van der Waals surface area (Å²) in [4.78, 5) is 26.0. The van der Waals surface area contributed by atoms with E-state index in [-0.39, 0.29) is 17.9 Å². The molecule has 1 unspecified atom stereocenters. The van der Waals surface area contributed by atoms with Gasteiger partial charge in [0.1, 0.15) is 11.5 Å². The van der Waals surface area contributed by atoms with Gasteiger partial charge in [0.2, 0.25) is 5.91 Å². The van der Waals surface area contributed by atoms with Crippen LogP contribution in [0.3, 0.4) is 0 Å². The third-order valence-electron chi connectivity index (χ3n) is 4.95. The normalized spacial score (nSPS) is 19.3. The summed E-state index contributed by atoms with van der Waals surface area (Å²) in [6.45, 7) is 2.57. The molecule has 3 rings (SSSR count). The molecule has 140 valence electrons. The third kappa shape index (κ3) is 4.60. The number of piperidine rings is 1. The maximum atomic E-state index is 12.4. The molecule has 0 bridgehead atoms. The standard InChI is InChI=1S/C19H26N4O3/c1-26-15-7-5-14(6-8-15)17(23-11-3-2-4-12-23)13-20-19(25)16-9-10-18(24)22-21-16/h5-8,17H,2-4,9-13H2,1H3,(H,20,25)(H,22,24). The molecule has 0 aromatic heterocycles. The summed E-state index contributed by atoms with van der Waals surface area (Å²) in [6, 6.07) is 8.14. The molecule has 2 N–H and O–H groups in total. The number of nitrogens with zero attached hydrogens (tertiary/aromatic N) is 2. The molecule has 0 spiro atoms. The summed E-state index contributed by atoms with van der Waals surface area (Å²) in [5.74, 6) is 0.467. The van der Waals surface area contributed by atoms with E-state index in [1.54, 1.807) is 7.11 Å². The van der Waals surface area contributed by atoms with Crippen LogP contribution in [0.2, 0.25) is 0 Å². The topological polar surface area (TPSA) is 83.0 Å². The van der Waals surface area contributed by atoms with Crippen molar-refractivity contribution in [2.24, 2.45) is 5.10 Å². The maximum Gasteiger partial charge on any atom is 0.267 e. The average molecular weight is 358 g/mol. The summed E-state index contributed by atoms with van der Waals surface area (Å²) in [7, 11) is 1.65. The van der Waals surface area contributed by atoms with Crippen molar-refractivity contribution in [3.63, 3.8) is 0 Å². The highest BCUT2D eigenvalue weighted by Gasteiger charge is 2.24. The lowest BCUT2D eigenvalue weighted by Crippen LogP contribution is -2.43. The number of hydrogen-bond donors (Lipinski definition) is 2. The van der Waals surface area contributed by atoms with Crippen molar-refractivity contribution < 1.29 is 14.3 Å². The van der Waals surface area contributed by atoms with E-state index in [0.717, 1.165) is 24.4 Å². The van der Waals surface area contributed by atoms with Gasteiger partial charge in [-0.1, -0.05) is 18.6 Å². The largest absolute Gasteiger partial charge is 0.497 e.